The minimum atomic E-state index is -4.78. The van der Waals surface area contributed by atoms with Crippen LogP contribution in [0.2, 0.25) is 0 Å². The Hall–Kier alpha value is -5.54. The highest BCUT2D eigenvalue weighted by Crippen LogP contribution is 2.41. The quantitative estimate of drug-likeness (QED) is 0.0905. The van der Waals surface area contributed by atoms with Crippen LogP contribution in [-0.4, -0.2) is 77.7 Å². The van der Waals surface area contributed by atoms with Crippen LogP contribution in [0.5, 0.6) is 5.75 Å². The maximum Gasteiger partial charge on any atom is 0.417 e. The third-order valence-corrected chi connectivity index (χ3v) is 11.8. The highest BCUT2D eigenvalue weighted by Gasteiger charge is 2.36. The summed E-state index contributed by atoms with van der Waals surface area (Å²) in [5.74, 6) is -0.538. The number of pyridine rings is 1. The van der Waals surface area contributed by atoms with Crippen LogP contribution in [0.25, 0.3) is 21.3 Å². The summed E-state index contributed by atoms with van der Waals surface area (Å²) in [5.41, 5.74) is 0.594. The number of alkyl halides is 3. The molecule has 0 bridgehead atoms. The molecule has 4 heterocycles. The molecular formula is C46H50F3N5O6S. The number of esters is 2. The van der Waals surface area contributed by atoms with E-state index in [9.17, 15) is 27.6 Å². The lowest BCUT2D eigenvalue weighted by atomic mass is 9.92. The average molecular weight is 858 g/mol. The van der Waals surface area contributed by atoms with E-state index in [4.69, 9.17) is 19.2 Å². The molecule has 1 saturated heterocycles. The number of benzene rings is 3. The van der Waals surface area contributed by atoms with Gasteiger partial charge in [0.15, 0.2) is 10.8 Å². The summed E-state index contributed by atoms with van der Waals surface area (Å²) >= 11 is 1.38. The number of piperidine rings is 1. The van der Waals surface area contributed by atoms with Gasteiger partial charge in [-0.25, -0.2) is 14.8 Å². The molecule has 1 fully saturated rings. The van der Waals surface area contributed by atoms with Crippen molar-refractivity contribution in [2.24, 2.45) is 5.92 Å². The zero-order valence-electron chi connectivity index (χ0n) is 34.8. The number of carbonyl (C=O) groups excluding carboxylic acids is 3. The monoisotopic (exact) mass is 857 g/mol. The first-order valence-electron chi connectivity index (χ1n) is 20.6. The lowest BCUT2D eigenvalue weighted by molar-refractivity contribution is -0.144. The van der Waals surface area contributed by atoms with E-state index in [1.807, 2.05) is 41.3 Å². The van der Waals surface area contributed by atoms with Gasteiger partial charge in [0.1, 0.15) is 17.2 Å². The molecule has 322 valence electrons. The van der Waals surface area contributed by atoms with Gasteiger partial charge in [-0.1, -0.05) is 41.7 Å². The fourth-order valence-corrected chi connectivity index (χ4v) is 8.73. The van der Waals surface area contributed by atoms with Crippen molar-refractivity contribution >= 4 is 50.3 Å². The third kappa shape index (κ3) is 10.9. The predicted octanol–water partition coefficient (Wildman–Crippen LogP) is 9.58. The lowest BCUT2D eigenvalue weighted by Gasteiger charge is -2.31. The van der Waals surface area contributed by atoms with Gasteiger partial charge in [-0.05, 0) is 138 Å². The van der Waals surface area contributed by atoms with Crippen molar-refractivity contribution < 1.29 is 41.8 Å². The maximum absolute atomic E-state index is 14.8. The number of ether oxygens (including phenoxy) is 3. The number of rotatable bonds is 13. The zero-order chi connectivity index (χ0) is 43.3. The van der Waals surface area contributed by atoms with Gasteiger partial charge in [-0.2, -0.15) is 13.2 Å². The van der Waals surface area contributed by atoms with Crippen LogP contribution in [0, 0.1) is 5.92 Å². The van der Waals surface area contributed by atoms with Crippen LogP contribution in [0.1, 0.15) is 90.9 Å². The summed E-state index contributed by atoms with van der Waals surface area (Å²) in [6.07, 6.45) is -0.845. The number of carbonyl (C=O) groups is 3. The second-order valence-electron chi connectivity index (χ2n) is 16.3. The van der Waals surface area contributed by atoms with Gasteiger partial charge in [-0.15, -0.1) is 0 Å². The summed E-state index contributed by atoms with van der Waals surface area (Å²) in [5, 5.41) is 3.42. The zero-order valence-corrected chi connectivity index (χ0v) is 35.6. The fraction of sp³-hybridized carbons (Fsp3) is 0.413. The van der Waals surface area contributed by atoms with E-state index in [1.165, 1.54) is 29.5 Å². The highest BCUT2D eigenvalue weighted by atomic mass is 32.1. The Morgan fingerprint density at radius 3 is 2.43 bits per heavy atom. The van der Waals surface area contributed by atoms with Gasteiger partial charge in [0, 0.05) is 24.2 Å². The molecule has 15 heteroatoms. The van der Waals surface area contributed by atoms with Gasteiger partial charge in [0.05, 0.1) is 35.5 Å². The Kier molecular flexibility index (Phi) is 13.3. The average Bonchev–Trinajstić information content (AvgIpc) is 3.64. The number of hydrogen-bond acceptors (Lipinski definition) is 11. The molecule has 1 amide bonds. The van der Waals surface area contributed by atoms with Gasteiger partial charge < -0.3 is 19.1 Å². The topological polar surface area (TPSA) is 123 Å². The largest absolute Gasteiger partial charge is 0.494 e. The molecule has 1 N–H and O–H groups in total. The first kappa shape index (κ1) is 43.5. The van der Waals surface area contributed by atoms with Crippen LogP contribution in [0.3, 0.4) is 0 Å². The number of hydrogen-bond donors (Lipinski definition) is 1. The second kappa shape index (κ2) is 18.6. The van der Waals surface area contributed by atoms with Crippen molar-refractivity contribution in [3.63, 3.8) is 0 Å². The Morgan fingerprint density at radius 2 is 1.69 bits per heavy atom. The first-order valence-corrected chi connectivity index (χ1v) is 21.5. The number of aromatic nitrogens is 2. The second-order valence-corrected chi connectivity index (χ2v) is 17.4. The van der Waals surface area contributed by atoms with Crippen molar-refractivity contribution in [3.05, 3.63) is 101 Å². The van der Waals surface area contributed by atoms with E-state index in [0.717, 1.165) is 59.8 Å². The van der Waals surface area contributed by atoms with Crippen molar-refractivity contribution in [3.8, 4) is 16.9 Å². The van der Waals surface area contributed by atoms with Crippen molar-refractivity contribution in [1.82, 2.24) is 14.9 Å². The van der Waals surface area contributed by atoms with Crippen LogP contribution < -0.4 is 15.0 Å². The SMILES string of the molecule is CCOC(=O)CN1CCC(CCCOc2ccc(-c3ccc(N4CCc5cccc(C(=O)Nc6nc7ccccc7s6)c5C4)nc3C(=O)OC(C)(C)C)c(C(F)(F)F)c2)CC1. The summed E-state index contributed by atoms with van der Waals surface area (Å²) in [6.45, 7) is 10.0. The van der Waals surface area contributed by atoms with E-state index >= 15 is 0 Å². The molecule has 2 aromatic heterocycles. The van der Waals surface area contributed by atoms with Gasteiger partial charge in [0.2, 0.25) is 0 Å². The summed E-state index contributed by atoms with van der Waals surface area (Å²) in [7, 11) is 0. The normalized spacial score (nSPS) is 15.0. The van der Waals surface area contributed by atoms with Crippen LogP contribution >= 0.6 is 11.3 Å². The minimum Gasteiger partial charge on any atom is -0.494 e. The smallest absolute Gasteiger partial charge is 0.417 e. The number of nitrogens with zero attached hydrogens (tertiary/aromatic N) is 4. The number of nitrogens with one attached hydrogen (secondary N) is 1. The van der Waals surface area contributed by atoms with Crippen molar-refractivity contribution in [1.29, 1.82) is 0 Å². The summed E-state index contributed by atoms with van der Waals surface area (Å²) in [4.78, 5) is 52.5. The fourth-order valence-electron chi connectivity index (χ4n) is 7.87. The maximum atomic E-state index is 14.8. The molecule has 0 spiro atoms. The predicted molar refractivity (Wildman–Crippen MR) is 229 cm³/mol. The molecule has 0 radical (unpaired) electrons. The first-order chi connectivity index (χ1) is 29.1. The molecule has 61 heavy (non-hydrogen) atoms. The molecule has 0 unspecified atom stereocenters. The Labute approximate surface area is 357 Å². The van der Waals surface area contributed by atoms with Crippen LogP contribution in [0.4, 0.5) is 24.1 Å². The van der Waals surface area contributed by atoms with Crippen LogP contribution in [-0.2, 0) is 33.4 Å². The highest BCUT2D eigenvalue weighted by molar-refractivity contribution is 7.22. The molecule has 7 rings (SSSR count). The van der Waals surface area contributed by atoms with Gasteiger partial charge in [0.25, 0.3) is 5.91 Å². The van der Waals surface area contributed by atoms with Crippen LogP contribution in [0.15, 0.2) is 72.8 Å². The molecule has 0 aliphatic carbocycles. The number of halogens is 3. The molecule has 3 aromatic carbocycles. The van der Waals surface area contributed by atoms with Crippen molar-refractivity contribution in [2.45, 2.75) is 78.1 Å². The molecule has 2 aliphatic heterocycles. The lowest BCUT2D eigenvalue weighted by Crippen LogP contribution is -2.38. The van der Waals surface area contributed by atoms with E-state index < -0.39 is 23.3 Å². The standard InChI is InChI=1S/C46H50F3N5O6S/c1-5-58-40(55)28-53-22-19-29(20-23-53)10-9-25-59-31-15-16-32(36(26-31)46(47,48)49)33-17-18-39(51-41(33)43(57)60-45(2,3)4)54-24-21-30-11-8-12-34(35(30)27-54)42(56)52-44-50-37-13-6-7-14-38(37)61-44/h6-8,11-18,26,29H,5,9-10,19-25,27-28H2,1-4H3,(H,50,52,56). The van der Waals surface area contributed by atoms with Crippen molar-refractivity contribution in [2.75, 3.05) is 49.6 Å². The minimum absolute atomic E-state index is 0.0283. The molecule has 5 aromatic rings. The summed E-state index contributed by atoms with van der Waals surface area (Å²) in [6, 6.07) is 20.0. The Bertz CT molecular complexity index is 2350. The Balaban J connectivity index is 1.08. The van der Waals surface area contributed by atoms with Gasteiger partial charge in [-0.3, -0.25) is 19.8 Å². The van der Waals surface area contributed by atoms with E-state index in [-0.39, 0.29) is 54.1 Å². The number of likely N-dealkylation sites (tertiary alicyclic amines) is 1. The van der Waals surface area contributed by atoms with Gasteiger partial charge >= 0.3 is 18.1 Å². The van der Waals surface area contributed by atoms with E-state index in [1.54, 1.807) is 39.8 Å². The third-order valence-electron chi connectivity index (χ3n) is 10.8. The number of anilines is 2. The van der Waals surface area contributed by atoms with E-state index in [0.29, 0.717) is 48.4 Å². The molecule has 0 atom stereocenters. The molecular weight excluding hydrogens is 808 g/mol. The molecule has 0 saturated carbocycles. The number of fused-ring (bicyclic) bond motifs is 2. The van der Waals surface area contributed by atoms with E-state index in [2.05, 4.69) is 15.2 Å². The Morgan fingerprint density at radius 1 is 0.918 bits per heavy atom. The molecule has 11 nitrogen and oxygen atoms in total. The number of para-hydroxylation sites is 1. The number of thiazole rings is 1. The molecule has 2 aliphatic rings. The summed E-state index contributed by atoms with van der Waals surface area (Å²) < 4.78 is 62.1. The number of amides is 1.